The lowest BCUT2D eigenvalue weighted by Crippen LogP contribution is -2.47. The number of benzene rings is 1. The van der Waals surface area contributed by atoms with Crippen LogP contribution in [0, 0.1) is 0 Å². The SMILES string of the molecule is O=C(O)[C@@H]1CN(S(=O)(=O)c2ccccc2)C(=O)N1C1CCCCC1. The summed E-state index contributed by atoms with van der Waals surface area (Å²) in [6, 6.07) is 5.57. The van der Waals surface area contributed by atoms with Crippen LogP contribution in [0.15, 0.2) is 35.2 Å². The highest BCUT2D eigenvalue weighted by Crippen LogP contribution is 2.31. The predicted molar refractivity (Wildman–Crippen MR) is 85.9 cm³/mol. The lowest BCUT2D eigenvalue weighted by atomic mass is 9.93. The molecule has 1 aliphatic heterocycles. The zero-order valence-electron chi connectivity index (χ0n) is 13.2. The molecule has 7 nitrogen and oxygen atoms in total. The van der Waals surface area contributed by atoms with Crippen molar-refractivity contribution in [1.29, 1.82) is 0 Å². The van der Waals surface area contributed by atoms with E-state index in [1.165, 1.54) is 17.0 Å². The van der Waals surface area contributed by atoms with E-state index in [-0.39, 0.29) is 17.5 Å². The molecule has 0 radical (unpaired) electrons. The van der Waals surface area contributed by atoms with E-state index in [1.807, 2.05) is 0 Å². The minimum absolute atomic E-state index is 0.00650. The average molecular weight is 352 g/mol. The van der Waals surface area contributed by atoms with Crippen molar-refractivity contribution in [2.45, 2.75) is 49.1 Å². The third-order valence-corrected chi connectivity index (χ3v) is 6.45. The van der Waals surface area contributed by atoms with Gasteiger partial charge < -0.3 is 10.0 Å². The molecule has 0 spiro atoms. The van der Waals surface area contributed by atoms with Gasteiger partial charge in [0.15, 0.2) is 0 Å². The molecule has 130 valence electrons. The zero-order chi connectivity index (χ0) is 17.3. The number of hydrogen-bond donors (Lipinski definition) is 1. The highest BCUT2D eigenvalue weighted by molar-refractivity contribution is 7.89. The van der Waals surface area contributed by atoms with Crippen molar-refractivity contribution in [3.63, 3.8) is 0 Å². The van der Waals surface area contributed by atoms with Crippen LogP contribution in [-0.4, -0.2) is 53.4 Å². The molecule has 1 N–H and O–H groups in total. The highest BCUT2D eigenvalue weighted by Gasteiger charge is 2.49. The molecule has 1 atom stereocenters. The molecule has 0 aromatic heterocycles. The number of sulfonamides is 1. The molecule has 1 aliphatic carbocycles. The molecule has 8 heteroatoms. The van der Waals surface area contributed by atoms with Gasteiger partial charge in [-0.3, -0.25) is 0 Å². The summed E-state index contributed by atoms with van der Waals surface area (Å²) in [4.78, 5) is 25.6. The van der Waals surface area contributed by atoms with E-state index in [9.17, 15) is 23.1 Å². The summed E-state index contributed by atoms with van der Waals surface area (Å²) in [5.41, 5.74) is 0. The minimum atomic E-state index is -4.05. The Hall–Kier alpha value is -2.09. The molecule has 0 unspecified atom stereocenters. The Labute approximate surface area is 140 Å². The van der Waals surface area contributed by atoms with E-state index in [4.69, 9.17) is 0 Å². The Bertz CT molecular complexity index is 728. The Balaban J connectivity index is 1.93. The minimum Gasteiger partial charge on any atom is -0.480 e. The van der Waals surface area contributed by atoms with Gasteiger partial charge in [-0.25, -0.2) is 22.3 Å². The van der Waals surface area contributed by atoms with Gasteiger partial charge in [-0.2, -0.15) is 0 Å². The fourth-order valence-electron chi connectivity index (χ4n) is 3.47. The number of carboxylic acids is 1. The molecular weight excluding hydrogens is 332 g/mol. The second kappa shape index (κ2) is 6.43. The molecular formula is C16H20N2O5S. The number of hydrogen-bond acceptors (Lipinski definition) is 4. The number of amides is 2. The van der Waals surface area contributed by atoms with Crippen molar-refractivity contribution < 1.29 is 23.1 Å². The van der Waals surface area contributed by atoms with Crippen molar-refractivity contribution in [3.8, 4) is 0 Å². The zero-order valence-corrected chi connectivity index (χ0v) is 14.0. The van der Waals surface area contributed by atoms with Gasteiger partial charge in [0.2, 0.25) is 0 Å². The van der Waals surface area contributed by atoms with Crippen molar-refractivity contribution in [1.82, 2.24) is 9.21 Å². The fraction of sp³-hybridized carbons (Fsp3) is 0.500. The van der Waals surface area contributed by atoms with Gasteiger partial charge in [0.25, 0.3) is 10.0 Å². The van der Waals surface area contributed by atoms with Crippen LogP contribution in [0.25, 0.3) is 0 Å². The molecule has 2 aliphatic rings. The Kier molecular flexibility index (Phi) is 4.49. The van der Waals surface area contributed by atoms with E-state index in [1.54, 1.807) is 18.2 Å². The van der Waals surface area contributed by atoms with E-state index >= 15 is 0 Å². The smallest absolute Gasteiger partial charge is 0.335 e. The van der Waals surface area contributed by atoms with Crippen LogP contribution >= 0.6 is 0 Å². The summed E-state index contributed by atoms with van der Waals surface area (Å²) in [6.07, 6.45) is 4.34. The van der Waals surface area contributed by atoms with Crippen LogP contribution in [0.5, 0.6) is 0 Å². The molecule has 3 rings (SSSR count). The summed E-state index contributed by atoms with van der Waals surface area (Å²) in [7, 11) is -4.05. The number of aliphatic carboxylic acids is 1. The van der Waals surface area contributed by atoms with Crippen molar-refractivity contribution in [2.75, 3.05) is 6.54 Å². The number of nitrogens with zero attached hydrogens (tertiary/aromatic N) is 2. The lowest BCUT2D eigenvalue weighted by Gasteiger charge is -2.33. The normalized spacial score (nSPS) is 22.8. The van der Waals surface area contributed by atoms with E-state index in [2.05, 4.69) is 0 Å². The van der Waals surface area contributed by atoms with Crippen LogP contribution in [0.4, 0.5) is 4.79 Å². The molecule has 2 amide bonds. The van der Waals surface area contributed by atoms with Gasteiger partial charge >= 0.3 is 12.0 Å². The average Bonchev–Trinajstić information content (AvgIpc) is 2.95. The molecule has 1 saturated heterocycles. The van der Waals surface area contributed by atoms with Crippen LogP contribution in [0.1, 0.15) is 32.1 Å². The number of carboxylic acid groups (broad SMARTS) is 1. The topological polar surface area (TPSA) is 95.0 Å². The Morgan fingerprint density at radius 2 is 1.71 bits per heavy atom. The molecule has 0 bridgehead atoms. The van der Waals surface area contributed by atoms with Crippen molar-refractivity contribution in [3.05, 3.63) is 30.3 Å². The van der Waals surface area contributed by atoms with Crippen molar-refractivity contribution in [2.24, 2.45) is 0 Å². The van der Waals surface area contributed by atoms with Gasteiger partial charge in [0.05, 0.1) is 11.4 Å². The first-order valence-electron chi connectivity index (χ1n) is 8.06. The van der Waals surface area contributed by atoms with Crippen LogP contribution < -0.4 is 0 Å². The maximum atomic E-state index is 12.7. The highest BCUT2D eigenvalue weighted by atomic mass is 32.2. The van der Waals surface area contributed by atoms with Crippen LogP contribution in [-0.2, 0) is 14.8 Å². The first-order valence-corrected chi connectivity index (χ1v) is 9.50. The number of carbonyl (C=O) groups is 2. The van der Waals surface area contributed by atoms with E-state index in [0.717, 1.165) is 32.1 Å². The standard InChI is InChI=1S/C16H20N2O5S/c19-15(20)14-11-17(24(22,23)13-9-5-2-6-10-13)16(21)18(14)12-7-3-1-4-8-12/h2,5-6,9-10,12,14H,1,3-4,7-8,11H2,(H,19,20)/t14-/m0/s1. The summed E-state index contributed by atoms with van der Waals surface area (Å²) in [5.74, 6) is -1.17. The van der Waals surface area contributed by atoms with E-state index < -0.39 is 28.1 Å². The monoisotopic (exact) mass is 352 g/mol. The summed E-state index contributed by atoms with van der Waals surface area (Å²) >= 11 is 0. The number of rotatable bonds is 4. The van der Waals surface area contributed by atoms with Crippen molar-refractivity contribution >= 4 is 22.0 Å². The third kappa shape index (κ3) is 2.86. The maximum Gasteiger partial charge on any atom is 0.335 e. The van der Waals surface area contributed by atoms with Gasteiger partial charge in [-0.1, -0.05) is 37.5 Å². The second-order valence-corrected chi connectivity index (χ2v) is 8.05. The Morgan fingerprint density at radius 1 is 1.08 bits per heavy atom. The number of carbonyl (C=O) groups excluding carboxylic acids is 1. The maximum absolute atomic E-state index is 12.7. The van der Waals surface area contributed by atoms with Crippen LogP contribution in [0.2, 0.25) is 0 Å². The molecule has 1 heterocycles. The first-order chi connectivity index (χ1) is 11.4. The molecule has 1 saturated carbocycles. The largest absolute Gasteiger partial charge is 0.480 e. The lowest BCUT2D eigenvalue weighted by molar-refractivity contribution is -0.142. The quantitative estimate of drug-likeness (QED) is 0.893. The van der Waals surface area contributed by atoms with E-state index in [0.29, 0.717) is 4.31 Å². The third-order valence-electron chi connectivity index (χ3n) is 4.69. The second-order valence-electron chi connectivity index (χ2n) is 6.18. The predicted octanol–water partition coefficient (Wildman–Crippen LogP) is 1.90. The van der Waals surface area contributed by atoms with Gasteiger partial charge in [-0.15, -0.1) is 0 Å². The number of urea groups is 1. The van der Waals surface area contributed by atoms with Gasteiger partial charge in [0, 0.05) is 6.04 Å². The Morgan fingerprint density at radius 3 is 2.29 bits per heavy atom. The molecule has 24 heavy (non-hydrogen) atoms. The van der Waals surface area contributed by atoms with Gasteiger partial charge in [-0.05, 0) is 25.0 Å². The summed E-state index contributed by atoms with van der Waals surface area (Å²) in [5, 5.41) is 9.47. The molecule has 1 aromatic rings. The summed E-state index contributed by atoms with van der Waals surface area (Å²) < 4.78 is 26.2. The first kappa shape index (κ1) is 16.8. The fourth-order valence-corrected chi connectivity index (χ4v) is 4.87. The molecule has 1 aromatic carbocycles. The van der Waals surface area contributed by atoms with Gasteiger partial charge in [0.1, 0.15) is 6.04 Å². The van der Waals surface area contributed by atoms with Crippen LogP contribution in [0.3, 0.4) is 0 Å². The summed E-state index contributed by atoms with van der Waals surface area (Å²) in [6.45, 7) is -0.345. The molecule has 2 fully saturated rings.